The summed E-state index contributed by atoms with van der Waals surface area (Å²) in [6, 6.07) is -1.21. The van der Waals surface area contributed by atoms with E-state index in [0.29, 0.717) is 19.4 Å². The molecule has 5 nitrogen and oxygen atoms in total. The fourth-order valence-electron chi connectivity index (χ4n) is 1.12. The van der Waals surface area contributed by atoms with E-state index in [-0.39, 0.29) is 0 Å². The highest BCUT2D eigenvalue weighted by Crippen LogP contribution is 2.01. The normalized spacial score (nSPS) is 11.3. The van der Waals surface area contributed by atoms with Gasteiger partial charge in [0.05, 0.1) is 0 Å². The van der Waals surface area contributed by atoms with Crippen LogP contribution in [0.1, 0.15) is 19.8 Å². The number of aliphatic carboxylic acids is 1. The Morgan fingerprint density at radius 1 is 1.60 bits per heavy atom. The van der Waals surface area contributed by atoms with Crippen LogP contribution in [0.15, 0.2) is 0 Å². The number of carbonyl (C=O) groups is 2. The number of likely N-dealkylation sites (N-methyl/N-ethyl adjacent to an activating group) is 1. The Balaban J connectivity index is 4.18. The van der Waals surface area contributed by atoms with Gasteiger partial charge < -0.3 is 15.3 Å². The molecule has 5 heteroatoms. The molecule has 0 fully saturated rings. The summed E-state index contributed by atoms with van der Waals surface area (Å²) in [6.07, 6.45) is 5.82. The average Bonchev–Trinajstić information content (AvgIpc) is 2.18. The minimum absolute atomic E-state index is 0.357. The van der Waals surface area contributed by atoms with Gasteiger partial charge in [-0.15, -0.1) is 12.3 Å². The Labute approximate surface area is 89.4 Å². The van der Waals surface area contributed by atoms with Crippen LogP contribution >= 0.6 is 0 Å². The number of urea groups is 1. The summed E-state index contributed by atoms with van der Waals surface area (Å²) in [5, 5.41) is 11.3. The number of nitrogens with one attached hydrogen (secondary N) is 1. The van der Waals surface area contributed by atoms with E-state index in [1.807, 2.05) is 0 Å². The Hall–Kier alpha value is -1.70. The van der Waals surface area contributed by atoms with E-state index in [0.717, 1.165) is 0 Å². The Morgan fingerprint density at radius 3 is 2.60 bits per heavy atom. The van der Waals surface area contributed by atoms with Crippen molar-refractivity contribution in [1.82, 2.24) is 10.2 Å². The molecule has 0 bridgehead atoms. The van der Waals surface area contributed by atoms with Crippen LogP contribution in [0.2, 0.25) is 0 Å². The van der Waals surface area contributed by atoms with E-state index < -0.39 is 18.0 Å². The number of nitrogens with zero attached hydrogens (tertiary/aromatic N) is 1. The Bertz CT molecular complexity index is 270. The summed E-state index contributed by atoms with van der Waals surface area (Å²) < 4.78 is 0. The molecule has 1 unspecified atom stereocenters. The van der Waals surface area contributed by atoms with Crippen molar-refractivity contribution in [3.8, 4) is 12.3 Å². The molecule has 0 aromatic carbocycles. The standard InChI is InChI=1S/C10H16N2O3/c1-4-6-7-11-10(15)12(3)8(5-2)9(13)14/h1,8H,5-7H2,2-3H3,(H,11,15)(H,13,14). The zero-order chi connectivity index (χ0) is 11.8. The van der Waals surface area contributed by atoms with Gasteiger partial charge in [-0.3, -0.25) is 0 Å². The van der Waals surface area contributed by atoms with Gasteiger partial charge in [-0.05, 0) is 6.42 Å². The SMILES string of the molecule is C#CCCNC(=O)N(C)C(CC)C(=O)O. The monoisotopic (exact) mass is 212 g/mol. The first-order valence-corrected chi connectivity index (χ1v) is 4.71. The molecule has 0 heterocycles. The zero-order valence-electron chi connectivity index (χ0n) is 8.99. The summed E-state index contributed by atoms with van der Waals surface area (Å²) in [5.74, 6) is 1.37. The van der Waals surface area contributed by atoms with Crippen LogP contribution in [0.4, 0.5) is 4.79 Å². The van der Waals surface area contributed by atoms with Gasteiger partial charge in [-0.1, -0.05) is 6.92 Å². The van der Waals surface area contributed by atoms with Crippen LogP contribution in [0, 0.1) is 12.3 Å². The molecule has 0 aliphatic rings. The molecule has 0 aromatic heterocycles. The van der Waals surface area contributed by atoms with Crippen LogP contribution < -0.4 is 5.32 Å². The molecule has 0 saturated heterocycles. The molecule has 0 aromatic rings. The van der Waals surface area contributed by atoms with Crippen molar-refractivity contribution < 1.29 is 14.7 Å². The van der Waals surface area contributed by atoms with Crippen molar-refractivity contribution in [2.24, 2.45) is 0 Å². The molecule has 0 aliphatic heterocycles. The number of carbonyl (C=O) groups excluding carboxylic acids is 1. The lowest BCUT2D eigenvalue weighted by Crippen LogP contribution is -2.47. The molecule has 0 saturated carbocycles. The molecule has 1 atom stereocenters. The number of hydrogen-bond acceptors (Lipinski definition) is 2. The Kier molecular flexibility index (Phi) is 5.95. The van der Waals surface area contributed by atoms with E-state index >= 15 is 0 Å². The fraction of sp³-hybridized carbons (Fsp3) is 0.600. The lowest BCUT2D eigenvalue weighted by atomic mass is 10.2. The number of hydrogen-bond donors (Lipinski definition) is 2. The molecule has 84 valence electrons. The third-order valence-electron chi connectivity index (χ3n) is 2.01. The van der Waals surface area contributed by atoms with Crippen molar-refractivity contribution in [3.63, 3.8) is 0 Å². The predicted molar refractivity (Wildman–Crippen MR) is 56.3 cm³/mol. The van der Waals surface area contributed by atoms with Crippen LogP contribution in [0.5, 0.6) is 0 Å². The van der Waals surface area contributed by atoms with E-state index in [1.165, 1.54) is 11.9 Å². The van der Waals surface area contributed by atoms with E-state index in [1.54, 1.807) is 6.92 Å². The van der Waals surface area contributed by atoms with Crippen molar-refractivity contribution in [2.45, 2.75) is 25.8 Å². The average molecular weight is 212 g/mol. The highest BCUT2D eigenvalue weighted by molar-refractivity contribution is 5.82. The smallest absolute Gasteiger partial charge is 0.326 e. The van der Waals surface area contributed by atoms with Crippen molar-refractivity contribution in [3.05, 3.63) is 0 Å². The van der Waals surface area contributed by atoms with Crippen LogP contribution in [-0.4, -0.2) is 41.6 Å². The number of rotatable bonds is 5. The first-order valence-electron chi connectivity index (χ1n) is 4.71. The zero-order valence-corrected chi connectivity index (χ0v) is 8.99. The summed E-state index contributed by atoms with van der Waals surface area (Å²) in [7, 11) is 1.45. The van der Waals surface area contributed by atoms with Gasteiger partial charge in [0.25, 0.3) is 0 Å². The van der Waals surface area contributed by atoms with Gasteiger partial charge >= 0.3 is 12.0 Å². The summed E-state index contributed by atoms with van der Waals surface area (Å²) in [6.45, 7) is 2.07. The van der Waals surface area contributed by atoms with Crippen molar-refractivity contribution in [2.75, 3.05) is 13.6 Å². The van der Waals surface area contributed by atoms with Crippen LogP contribution in [-0.2, 0) is 4.79 Å². The largest absolute Gasteiger partial charge is 0.480 e. The Morgan fingerprint density at radius 2 is 2.20 bits per heavy atom. The van der Waals surface area contributed by atoms with Crippen molar-refractivity contribution >= 4 is 12.0 Å². The lowest BCUT2D eigenvalue weighted by Gasteiger charge is -2.23. The van der Waals surface area contributed by atoms with Crippen LogP contribution in [0.25, 0.3) is 0 Å². The second-order valence-corrected chi connectivity index (χ2v) is 3.06. The quantitative estimate of drug-likeness (QED) is 0.515. The molecule has 15 heavy (non-hydrogen) atoms. The molecule has 0 spiro atoms. The van der Waals surface area contributed by atoms with Gasteiger partial charge in [-0.2, -0.15) is 0 Å². The van der Waals surface area contributed by atoms with E-state index in [9.17, 15) is 9.59 Å². The maximum atomic E-state index is 11.4. The number of carboxylic acid groups (broad SMARTS) is 1. The van der Waals surface area contributed by atoms with Gasteiger partial charge in [0.15, 0.2) is 0 Å². The molecule has 0 radical (unpaired) electrons. The summed E-state index contributed by atoms with van der Waals surface area (Å²) >= 11 is 0. The molecule has 2 amide bonds. The van der Waals surface area contributed by atoms with Gasteiger partial charge in [0, 0.05) is 20.0 Å². The third-order valence-corrected chi connectivity index (χ3v) is 2.01. The summed E-state index contributed by atoms with van der Waals surface area (Å²) in [4.78, 5) is 23.3. The molecule has 0 rings (SSSR count). The first kappa shape index (κ1) is 13.3. The predicted octanol–water partition coefficient (Wildman–Crippen LogP) is 0.514. The number of amides is 2. The van der Waals surface area contributed by atoms with E-state index in [2.05, 4.69) is 11.2 Å². The van der Waals surface area contributed by atoms with Gasteiger partial charge in [0.1, 0.15) is 6.04 Å². The maximum absolute atomic E-state index is 11.4. The second kappa shape index (κ2) is 6.71. The highest BCUT2D eigenvalue weighted by Gasteiger charge is 2.23. The third kappa shape index (κ3) is 4.36. The minimum Gasteiger partial charge on any atom is -0.480 e. The topological polar surface area (TPSA) is 69.6 Å². The lowest BCUT2D eigenvalue weighted by molar-refractivity contribution is -0.141. The molecule has 0 aliphatic carbocycles. The fourth-order valence-corrected chi connectivity index (χ4v) is 1.12. The van der Waals surface area contributed by atoms with Gasteiger partial charge in [-0.25, -0.2) is 9.59 Å². The van der Waals surface area contributed by atoms with Gasteiger partial charge in [0.2, 0.25) is 0 Å². The maximum Gasteiger partial charge on any atom is 0.326 e. The second-order valence-electron chi connectivity index (χ2n) is 3.06. The highest BCUT2D eigenvalue weighted by atomic mass is 16.4. The van der Waals surface area contributed by atoms with Crippen LogP contribution in [0.3, 0.4) is 0 Å². The number of carboxylic acids is 1. The summed E-state index contributed by atoms with van der Waals surface area (Å²) in [5.41, 5.74) is 0. The number of terminal acetylenes is 1. The molecular weight excluding hydrogens is 196 g/mol. The van der Waals surface area contributed by atoms with Crippen molar-refractivity contribution in [1.29, 1.82) is 0 Å². The minimum atomic E-state index is -1.01. The van der Waals surface area contributed by atoms with E-state index in [4.69, 9.17) is 11.5 Å². The first-order chi connectivity index (χ1) is 7.04. The molecular formula is C10H16N2O3. The molecule has 2 N–H and O–H groups in total.